The van der Waals surface area contributed by atoms with Crippen molar-refractivity contribution in [2.45, 2.75) is 19.6 Å². The SMILES string of the molecule is COc1ccc(C)cc1CNc1cccc(C(F)(F)F)c1. The molecule has 0 aromatic heterocycles. The van der Waals surface area contributed by atoms with Gasteiger partial charge in [-0.2, -0.15) is 13.2 Å². The third-order valence-electron chi connectivity index (χ3n) is 3.11. The molecule has 0 atom stereocenters. The lowest BCUT2D eigenvalue weighted by atomic mass is 10.1. The Balaban J connectivity index is 2.15. The van der Waals surface area contributed by atoms with E-state index in [4.69, 9.17) is 4.74 Å². The molecule has 0 aliphatic heterocycles. The van der Waals surface area contributed by atoms with Gasteiger partial charge in [0.25, 0.3) is 0 Å². The Labute approximate surface area is 121 Å². The first-order valence-electron chi connectivity index (χ1n) is 6.45. The zero-order valence-electron chi connectivity index (χ0n) is 11.8. The van der Waals surface area contributed by atoms with Gasteiger partial charge in [-0.1, -0.05) is 23.8 Å². The average molecular weight is 295 g/mol. The summed E-state index contributed by atoms with van der Waals surface area (Å²) in [4.78, 5) is 0. The molecule has 112 valence electrons. The molecule has 0 amide bonds. The normalized spacial score (nSPS) is 11.3. The van der Waals surface area contributed by atoms with E-state index in [1.54, 1.807) is 13.2 Å². The van der Waals surface area contributed by atoms with Crippen LogP contribution in [0.1, 0.15) is 16.7 Å². The van der Waals surface area contributed by atoms with Crippen molar-refractivity contribution in [2.75, 3.05) is 12.4 Å². The number of aryl methyl sites for hydroxylation is 1. The Bertz CT molecular complexity index is 623. The van der Waals surface area contributed by atoms with Crippen LogP contribution in [0.3, 0.4) is 0 Å². The molecule has 0 aliphatic carbocycles. The van der Waals surface area contributed by atoms with Crippen molar-refractivity contribution in [3.63, 3.8) is 0 Å². The summed E-state index contributed by atoms with van der Waals surface area (Å²) in [6.45, 7) is 2.35. The first-order chi connectivity index (χ1) is 9.90. The summed E-state index contributed by atoms with van der Waals surface area (Å²) in [5.74, 6) is 0.708. The molecule has 5 heteroatoms. The number of benzene rings is 2. The van der Waals surface area contributed by atoms with Gasteiger partial charge in [-0.05, 0) is 31.2 Å². The largest absolute Gasteiger partial charge is 0.496 e. The van der Waals surface area contributed by atoms with Gasteiger partial charge in [-0.25, -0.2) is 0 Å². The molecule has 0 spiro atoms. The summed E-state index contributed by atoms with van der Waals surface area (Å²) in [5, 5.41) is 3.00. The molecule has 0 bridgehead atoms. The van der Waals surface area contributed by atoms with E-state index in [9.17, 15) is 13.2 Å². The highest BCUT2D eigenvalue weighted by Crippen LogP contribution is 2.31. The standard InChI is InChI=1S/C16H16F3NO/c1-11-6-7-15(21-2)12(8-11)10-20-14-5-3-4-13(9-14)16(17,18)19/h3-9,20H,10H2,1-2H3. The van der Waals surface area contributed by atoms with Gasteiger partial charge in [0, 0.05) is 17.8 Å². The van der Waals surface area contributed by atoms with Crippen LogP contribution in [0.15, 0.2) is 42.5 Å². The predicted octanol–water partition coefficient (Wildman–Crippen LogP) is 4.63. The van der Waals surface area contributed by atoms with Crippen molar-refractivity contribution in [3.8, 4) is 5.75 Å². The molecule has 0 heterocycles. The van der Waals surface area contributed by atoms with Crippen LogP contribution in [0, 0.1) is 6.92 Å². The molecule has 2 aromatic rings. The van der Waals surface area contributed by atoms with Crippen molar-refractivity contribution >= 4 is 5.69 Å². The molecule has 0 fully saturated rings. The summed E-state index contributed by atoms with van der Waals surface area (Å²) in [6, 6.07) is 10.9. The third kappa shape index (κ3) is 3.90. The zero-order chi connectivity index (χ0) is 15.5. The lowest BCUT2D eigenvalue weighted by Crippen LogP contribution is -2.07. The van der Waals surface area contributed by atoms with Crippen LogP contribution in [-0.4, -0.2) is 7.11 Å². The number of hydrogen-bond donors (Lipinski definition) is 1. The highest BCUT2D eigenvalue weighted by Gasteiger charge is 2.30. The highest BCUT2D eigenvalue weighted by atomic mass is 19.4. The number of hydrogen-bond acceptors (Lipinski definition) is 2. The molecule has 0 unspecified atom stereocenters. The Hall–Kier alpha value is -2.17. The second-order valence-electron chi connectivity index (χ2n) is 4.75. The van der Waals surface area contributed by atoms with Gasteiger partial charge in [0.05, 0.1) is 12.7 Å². The smallest absolute Gasteiger partial charge is 0.416 e. The van der Waals surface area contributed by atoms with Crippen LogP contribution in [0.4, 0.5) is 18.9 Å². The maximum atomic E-state index is 12.7. The Kier molecular flexibility index (Phi) is 4.40. The zero-order valence-corrected chi connectivity index (χ0v) is 11.8. The van der Waals surface area contributed by atoms with Crippen LogP contribution in [0.2, 0.25) is 0 Å². The van der Waals surface area contributed by atoms with Gasteiger partial charge in [0.15, 0.2) is 0 Å². The molecule has 2 aromatic carbocycles. The topological polar surface area (TPSA) is 21.3 Å². The number of nitrogens with one attached hydrogen (secondary N) is 1. The fourth-order valence-corrected chi connectivity index (χ4v) is 2.05. The minimum atomic E-state index is -4.33. The number of anilines is 1. The lowest BCUT2D eigenvalue weighted by Gasteiger charge is -2.13. The molecule has 2 nitrogen and oxygen atoms in total. The molecule has 0 radical (unpaired) electrons. The molecule has 1 N–H and O–H groups in total. The molecule has 0 saturated heterocycles. The van der Waals surface area contributed by atoms with Crippen molar-refractivity contribution in [1.82, 2.24) is 0 Å². The van der Waals surface area contributed by atoms with E-state index in [1.807, 2.05) is 25.1 Å². The number of halogens is 3. The minimum absolute atomic E-state index is 0.395. The van der Waals surface area contributed by atoms with E-state index in [0.29, 0.717) is 18.0 Å². The predicted molar refractivity (Wildman–Crippen MR) is 76.5 cm³/mol. The monoisotopic (exact) mass is 295 g/mol. The van der Waals surface area contributed by atoms with E-state index in [-0.39, 0.29) is 0 Å². The van der Waals surface area contributed by atoms with Crippen molar-refractivity contribution in [3.05, 3.63) is 59.2 Å². The van der Waals surface area contributed by atoms with E-state index in [2.05, 4.69) is 5.32 Å². The van der Waals surface area contributed by atoms with Gasteiger partial charge in [0.1, 0.15) is 5.75 Å². The second kappa shape index (κ2) is 6.08. The number of methoxy groups -OCH3 is 1. The van der Waals surface area contributed by atoms with Gasteiger partial charge < -0.3 is 10.1 Å². The van der Waals surface area contributed by atoms with Gasteiger partial charge in [-0.15, -0.1) is 0 Å². The molecular formula is C16H16F3NO. The first kappa shape index (κ1) is 15.2. The quantitative estimate of drug-likeness (QED) is 0.887. The minimum Gasteiger partial charge on any atom is -0.496 e. The number of rotatable bonds is 4. The first-order valence-corrected chi connectivity index (χ1v) is 6.45. The van der Waals surface area contributed by atoms with Crippen molar-refractivity contribution in [1.29, 1.82) is 0 Å². The number of ether oxygens (including phenoxy) is 1. The van der Waals surface area contributed by atoms with Crippen molar-refractivity contribution < 1.29 is 17.9 Å². The summed E-state index contributed by atoms with van der Waals surface area (Å²) in [6.07, 6.45) is -4.33. The van der Waals surface area contributed by atoms with Crippen LogP contribution in [0.5, 0.6) is 5.75 Å². The average Bonchev–Trinajstić information content (AvgIpc) is 2.45. The van der Waals surface area contributed by atoms with Gasteiger partial charge >= 0.3 is 6.18 Å². The summed E-state index contributed by atoms with van der Waals surface area (Å²) in [7, 11) is 1.57. The van der Waals surface area contributed by atoms with Crippen molar-refractivity contribution in [2.24, 2.45) is 0 Å². The van der Waals surface area contributed by atoms with E-state index >= 15 is 0 Å². The lowest BCUT2D eigenvalue weighted by molar-refractivity contribution is -0.137. The molecule has 2 rings (SSSR count). The second-order valence-corrected chi connectivity index (χ2v) is 4.75. The van der Waals surface area contributed by atoms with Crippen LogP contribution < -0.4 is 10.1 Å². The van der Waals surface area contributed by atoms with Crippen LogP contribution in [-0.2, 0) is 12.7 Å². The summed E-state index contributed by atoms with van der Waals surface area (Å²) < 4.78 is 43.2. The molecule has 0 aliphatic rings. The van der Waals surface area contributed by atoms with E-state index in [1.165, 1.54) is 6.07 Å². The maximum absolute atomic E-state index is 12.7. The molecule has 0 saturated carbocycles. The summed E-state index contributed by atoms with van der Waals surface area (Å²) in [5.41, 5.74) is 1.73. The highest BCUT2D eigenvalue weighted by molar-refractivity contribution is 5.48. The fourth-order valence-electron chi connectivity index (χ4n) is 2.05. The Morgan fingerprint density at radius 1 is 1.10 bits per heavy atom. The Morgan fingerprint density at radius 2 is 1.86 bits per heavy atom. The maximum Gasteiger partial charge on any atom is 0.416 e. The summed E-state index contributed by atoms with van der Waals surface area (Å²) >= 11 is 0. The van der Waals surface area contributed by atoms with E-state index in [0.717, 1.165) is 23.3 Å². The van der Waals surface area contributed by atoms with Gasteiger partial charge in [-0.3, -0.25) is 0 Å². The van der Waals surface area contributed by atoms with Crippen LogP contribution in [0.25, 0.3) is 0 Å². The fraction of sp³-hybridized carbons (Fsp3) is 0.250. The van der Waals surface area contributed by atoms with Crippen LogP contribution >= 0.6 is 0 Å². The Morgan fingerprint density at radius 3 is 2.52 bits per heavy atom. The van der Waals surface area contributed by atoms with Gasteiger partial charge in [0.2, 0.25) is 0 Å². The number of alkyl halides is 3. The van der Waals surface area contributed by atoms with E-state index < -0.39 is 11.7 Å². The molecular weight excluding hydrogens is 279 g/mol. The molecule has 21 heavy (non-hydrogen) atoms. The third-order valence-corrected chi connectivity index (χ3v) is 3.11.